The second-order valence-corrected chi connectivity index (χ2v) is 5.69. The number of hydrogen-bond donors (Lipinski definition) is 2. The highest BCUT2D eigenvalue weighted by Crippen LogP contribution is 2.11. The molecular formula is C14H23N5O2. The summed E-state index contributed by atoms with van der Waals surface area (Å²) in [4.78, 5) is 25.0. The Morgan fingerprint density at radius 2 is 2.29 bits per heavy atom. The van der Waals surface area contributed by atoms with Crippen LogP contribution < -0.4 is 10.6 Å². The second kappa shape index (κ2) is 6.71. The van der Waals surface area contributed by atoms with Crippen molar-refractivity contribution in [3.05, 3.63) is 12.3 Å². The minimum Gasteiger partial charge on any atom is -0.357 e. The van der Waals surface area contributed by atoms with Crippen molar-refractivity contribution in [2.45, 2.75) is 45.3 Å². The molecule has 2 amide bonds. The molecule has 21 heavy (non-hydrogen) atoms. The van der Waals surface area contributed by atoms with E-state index in [1.165, 1.54) is 0 Å². The first-order chi connectivity index (χ1) is 9.95. The van der Waals surface area contributed by atoms with Crippen LogP contribution >= 0.6 is 0 Å². The monoisotopic (exact) mass is 293 g/mol. The average molecular weight is 293 g/mol. The SMILES string of the molecule is CC(C)N(C)CCn1ccc(NC2CCC(=O)NC2=O)n1. The number of nitrogens with one attached hydrogen (secondary N) is 2. The van der Waals surface area contributed by atoms with Crippen LogP contribution in [0.4, 0.5) is 5.82 Å². The van der Waals surface area contributed by atoms with Gasteiger partial charge in [-0.3, -0.25) is 19.6 Å². The fourth-order valence-electron chi connectivity index (χ4n) is 2.09. The zero-order valence-electron chi connectivity index (χ0n) is 12.8. The number of anilines is 1. The van der Waals surface area contributed by atoms with E-state index >= 15 is 0 Å². The van der Waals surface area contributed by atoms with Gasteiger partial charge in [-0.2, -0.15) is 5.10 Å². The normalized spacial score (nSPS) is 19.2. The molecule has 0 aliphatic carbocycles. The van der Waals surface area contributed by atoms with Crippen molar-refractivity contribution in [1.29, 1.82) is 0 Å². The number of hydrogen-bond acceptors (Lipinski definition) is 5. The third-order valence-electron chi connectivity index (χ3n) is 3.77. The minimum atomic E-state index is -0.385. The molecule has 1 aromatic rings. The van der Waals surface area contributed by atoms with Crippen molar-refractivity contribution in [3.63, 3.8) is 0 Å². The number of carbonyl (C=O) groups excluding carboxylic acids is 2. The number of imide groups is 1. The molecular weight excluding hydrogens is 270 g/mol. The Balaban J connectivity index is 1.85. The van der Waals surface area contributed by atoms with Gasteiger partial charge in [0.15, 0.2) is 0 Å². The highest BCUT2D eigenvalue weighted by molar-refractivity contribution is 6.01. The number of nitrogens with zero attached hydrogens (tertiary/aromatic N) is 3. The summed E-state index contributed by atoms with van der Waals surface area (Å²) in [7, 11) is 2.08. The summed E-state index contributed by atoms with van der Waals surface area (Å²) in [5.41, 5.74) is 0. The van der Waals surface area contributed by atoms with Gasteiger partial charge in [-0.25, -0.2) is 0 Å². The Morgan fingerprint density at radius 3 is 2.95 bits per heavy atom. The van der Waals surface area contributed by atoms with Crippen LogP contribution in [-0.2, 0) is 16.1 Å². The zero-order valence-corrected chi connectivity index (χ0v) is 12.8. The van der Waals surface area contributed by atoms with Crippen molar-refractivity contribution in [2.24, 2.45) is 0 Å². The molecule has 1 saturated heterocycles. The molecule has 2 heterocycles. The van der Waals surface area contributed by atoms with Gasteiger partial charge in [-0.15, -0.1) is 0 Å². The Bertz CT molecular complexity index is 511. The van der Waals surface area contributed by atoms with Crippen LogP contribution in [-0.4, -0.2) is 52.2 Å². The van der Waals surface area contributed by atoms with Crippen LogP contribution in [0.1, 0.15) is 26.7 Å². The van der Waals surface area contributed by atoms with Gasteiger partial charge in [0.2, 0.25) is 11.8 Å². The number of piperidine rings is 1. The molecule has 0 bridgehead atoms. The van der Waals surface area contributed by atoms with Gasteiger partial charge in [0.25, 0.3) is 0 Å². The molecule has 1 unspecified atom stereocenters. The topological polar surface area (TPSA) is 79.3 Å². The van der Waals surface area contributed by atoms with Crippen molar-refractivity contribution in [1.82, 2.24) is 20.0 Å². The van der Waals surface area contributed by atoms with Gasteiger partial charge in [-0.1, -0.05) is 0 Å². The van der Waals surface area contributed by atoms with E-state index in [-0.39, 0.29) is 17.9 Å². The van der Waals surface area contributed by atoms with Crippen LogP contribution in [0.15, 0.2) is 12.3 Å². The van der Waals surface area contributed by atoms with Gasteiger partial charge in [-0.05, 0) is 27.3 Å². The Kier molecular flexibility index (Phi) is 4.95. The lowest BCUT2D eigenvalue weighted by atomic mass is 10.1. The van der Waals surface area contributed by atoms with E-state index in [0.29, 0.717) is 24.7 Å². The first kappa shape index (κ1) is 15.5. The maximum Gasteiger partial charge on any atom is 0.249 e. The maximum atomic E-state index is 11.7. The second-order valence-electron chi connectivity index (χ2n) is 5.69. The quantitative estimate of drug-likeness (QED) is 0.744. The third-order valence-corrected chi connectivity index (χ3v) is 3.77. The van der Waals surface area contributed by atoms with E-state index in [0.717, 1.165) is 13.1 Å². The summed E-state index contributed by atoms with van der Waals surface area (Å²) in [5, 5.41) is 9.80. The maximum absolute atomic E-state index is 11.7. The van der Waals surface area contributed by atoms with E-state index in [1.807, 2.05) is 16.9 Å². The smallest absolute Gasteiger partial charge is 0.249 e. The molecule has 2 rings (SSSR count). The van der Waals surface area contributed by atoms with Gasteiger partial charge in [0, 0.05) is 31.3 Å². The molecule has 1 fully saturated rings. The van der Waals surface area contributed by atoms with E-state index < -0.39 is 0 Å². The molecule has 0 radical (unpaired) electrons. The Hall–Kier alpha value is -1.89. The number of aromatic nitrogens is 2. The average Bonchev–Trinajstić information content (AvgIpc) is 2.87. The third kappa shape index (κ3) is 4.29. The first-order valence-electron chi connectivity index (χ1n) is 7.29. The Morgan fingerprint density at radius 1 is 1.52 bits per heavy atom. The van der Waals surface area contributed by atoms with Crippen LogP contribution in [0, 0.1) is 0 Å². The summed E-state index contributed by atoms with van der Waals surface area (Å²) in [6, 6.07) is 1.96. The highest BCUT2D eigenvalue weighted by atomic mass is 16.2. The highest BCUT2D eigenvalue weighted by Gasteiger charge is 2.26. The van der Waals surface area contributed by atoms with Crippen LogP contribution in [0.25, 0.3) is 0 Å². The fraction of sp³-hybridized carbons (Fsp3) is 0.643. The molecule has 116 valence electrons. The van der Waals surface area contributed by atoms with E-state index in [1.54, 1.807) is 0 Å². The summed E-state index contributed by atoms with van der Waals surface area (Å²) in [6.45, 7) is 6.01. The van der Waals surface area contributed by atoms with E-state index in [9.17, 15) is 9.59 Å². The zero-order chi connectivity index (χ0) is 15.4. The van der Waals surface area contributed by atoms with Crippen molar-refractivity contribution >= 4 is 17.6 Å². The predicted octanol–water partition coefficient (Wildman–Crippen LogP) is 0.440. The lowest BCUT2D eigenvalue weighted by Gasteiger charge is -2.21. The predicted molar refractivity (Wildman–Crippen MR) is 79.8 cm³/mol. The summed E-state index contributed by atoms with van der Waals surface area (Å²) in [6.07, 6.45) is 2.76. The molecule has 1 atom stereocenters. The fourth-order valence-corrected chi connectivity index (χ4v) is 2.09. The van der Waals surface area contributed by atoms with Crippen molar-refractivity contribution in [2.75, 3.05) is 18.9 Å². The molecule has 0 aromatic carbocycles. The summed E-state index contributed by atoms with van der Waals surface area (Å²) in [5.74, 6) is 0.178. The van der Waals surface area contributed by atoms with Crippen molar-refractivity contribution < 1.29 is 9.59 Å². The van der Waals surface area contributed by atoms with Crippen molar-refractivity contribution in [3.8, 4) is 0 Å². The lowest BCUT2D eigenvalue weighted by molar-refractivity contribution is -0.133. The van der Waals surface area contributed by atoms with Gasteiger partial charge in [0.1, 0.15) is 11.9 Å². The molecule has 2 N–H and O–H groups in total. The largest absolute Gasteiger partial charge is 0.357 e. The molecule has 1 aliphatic rings. The molecule has 0 saturated carbocycles. The van der Waals surface area contributed by atoms with Gasteiger partial charge >= 0.3 is 0 Å². The first-order valence-corrected chi connectivity index (χ1v) is 7.29. The number of likely N-dealkylation sites (N-methyl/N-ethyl adjacent to an activating group) is 1. The van der Waals surface area contributed by atoms with E-state index in [4.69, 9.17) is 0 Å². The summed E-state index contributed by atoms with van der Waals surface area (Å²) < 4.78 is 1.85. The molecule has 1 aliphatic heterocycles. The van der Waals surface area contributed by atoms with Gasteiger partial charge < -0.3 is 10.2 Å². The number of rotatable bonds is 6. The van der Waals surface area contributed by atoms with E-state index in [2.05, 4.69) is 41.5 Å². The minimum absolute atomic E-state index is 0.208. The molecule has 1 aromatic heterocycles. The van der Waals surface area contributed by atoms with Crippen LogP contribution in [0.3, 0.4) is 0 Å². The summed E-state index contributed by atoms with van der Waals surface area (Å²) >= 11 is 0. The van der Waals surface area contributed by atoms with Gasteiger partial charge in [0.05, 0.1) is 6.54 Å². The number of carbonyl (C=O) groups is 2. The molecule has 7 nitrogen and oxygen atoms in total. The van der Waals surface area contributed by atoms with Crippen LogP contribution in [0.5, 0.6) is 0 Å². The molecule has 0 spiro atoms. The number of amides is 2. The molecule has 7 heteroatoms. The standard InChI is InChI=1S/C14H23N5O2/c1-10(2)18(3)8-9-19-7-6-12(17-19)15-11-4-5-13(20)16-14(11)21/h6-7,10-11H,4-5,8-9H2,1-3H3,(H,15,17)(H,16,20,21). The Labute approximate surface area is 124 Å². The van der Waals surface area contributed by atoms with Crippen LogP contribution in [0.2, 0.25) is 0 Å². The lowest BCUT2D eigenvalue weighted by Crippen LogP contribution is -2.47.